The number of benzene rings is 1. The van der Waals surface area contributed by atoms with Gasteiger partial charge in [-0.1, -0.05) is 18.2 Å². The topological polar surface area (TPSA) is 77.6 Å². The molecule has 0 fully saturated rings. The zero-order chi connectivity index (χ0) is 16.1. The van der Waals surface area contributed by atoms with Crippen molar-refractivity contribution in [1.29, 1.82) is 0 Å². The molecule has 0 saturated heterocycles. The molecule has 0 saturated carbocycles. The van der Waals surface area contributed by atoms with Crippen molar-refractivity contribution < 1.29 is 4.79 Å². The predicted molar refractivity (Wildman–Crippen MR) is 84.8 cm³/mol. The molecule has 118 valence electrons. The largest absolute Gasteiger partial charge is 0.352 e. The molecule has 1 amide bonds. The van der Waals surface area contributed by atoms with Crippen LogP contribution in [0.3, 0.4) is 0 Å². The molecule has 0 bridgehead atoms. The maximum atomic E-state index is 12.0. The van der Waals surface area contributed by atoms with Crippen LogP contribution in [-0.4, -0.2) is 30.2 Å². The number of nitrogens with zero attached hydrogens (tertiary/aromatic N) is 5. The Kier molecular flexibility index (Phi) is 4.46. The number of rotatable bonds is 6. The summed E-state index contributed by atoms with van der Waals surface area (Å²) in [5, 5.41) is 7.09. The molecule has 2 heterocycles. The van der Waals surface area contributed by atoms with Gasteiger partial charge in [0, 0.05) is 31.9 Å². The number of para-hydroxylation sites is 1. The first-order valence-electron chi connectivity index (χ1n) is 7.41. The fourth-order valence-corrected chi connectivity index (χ4v) is 2.36. The van der Waals surface area contributed by atoms with Gasteiger partial charge < -0.3 is 9.88 Å². The molecule has 7 heteroatoms. The van der Waals surface area contributed by atoms with E-state index in [1.165, 1.54) is 6.33 Å². The quantitative estimate of drug-likeness (QED) is 0.748. The summed E-state index contributed by atoms with van der Waals surface area (Å²) < 4.78 is 3.65. The average Bonchev–Trinajstić information content (AvgIpc) is 3.23. The van der Waals surface area contributed by atoms with Gasteiger partial charge in [-0.15, -0.1) is 0 Å². The number of aryl methyl sites for hydroxylation is 2. The Morgan fingerprint density at radius 3 is 2.91 bits per heavy atom. The number of aromatic nitrogens is 5. The van der Waals surface area contributed by atoms with Gasteiger partial charge in [-0.05, 0) is 18.6 Å². The first-order chi connectivity index (χ1) is 11.2. The van der Waals surface area contributed by atoms with Crippen molar-refractivity contribution >= 4 is 5.91 Å². The summed E-state index contributed by atoms with van der Waals surface area (Å²) in [4.78, 5) is 20.1. The molecule has 0 unspecified atom stereocenters. The predicted octanol–water partition coefficient (Wildman–Crippen LogP) is 1.48. The first kappa shape index (κ1) is 15.0. The van der Waals surface area contributed by atoms with Gasteiger partial charge in [-0.3, -0.25) is 4.79 Å². The van der Waals surface area contributed by atoms with Crippen LogP contribution in [-0.2, 0) is 17.9 Å². The van der Waals surface area contributed by atoms with Gasteiger partial charge in [-0.25, -0.2) is 14.6 Å². The highest BCUT2D eigenvalue weighted by Gasteiger charge is 2.07. The normalized spacial score (nSPS) is 10.7. The Hall–Kier alpha value is -2.96. The van der Waals surface area contributed by atoms with Crippen LogP contribution in [0.5, 0.6) is 0 Å². The minimum atomic E-state index is 0.00601. The third-order valence-corrected chi connectivity index (χ3v) is 3.64. The number of hydrogen-bond donors (Lipinski definition) is 1. The van der Waals surface area contributed by atoms with Gasteiger partial charge in [0.15, 0.2) is 0 Å². The van der Waals surface area contributed by atoms with Crippen molar-refractivity contribution in [2.24, 2.45) is 0 Å². The third-order valence-electron chi connectivity index (χ3n) is 3.64. The molecule has 3 aromatic rings. The summed E-state index contributed by atoms with van der Waals surface area (Å²) in [5.74, 6) is 0.917. The number of nitrogens with one attached hydrogen (secondary N) is 1. The van der Waals surface area contributed by atoms with E-state index < -0.39 is 0 Å². The van der Waals surface area contributed by atoms with E-state index in [1.54, 1.807) is 17.2 Å². The highest BCUT2D eigenvalue weighted by atomic mass is 16.1. The zero-order valence-corrected chi connectivity index (χ0v) is 12.9. The van der Waals surface area contributed by atoms with Crippen LogP contribution in [0, 0.1) is 6.92 Å². The highest BCUT2D eigenvalue weighted by Crippen LogP contribution is 2.12. The van der Waals surface area contributed by atoms with Crippen LogP contribution in [0.1, 0.15) is 17.8 Å². The Morgan fingerprint density at radius 1 is 1.30 bits per heavy atom. The molecule has 3 rings (SSSR count). The molecule has 0 aliphatic rings. The molecule has 0 atom stereocenters. The molecular weight excluding hydrogens is 292 g/mol. The molecule has 23 heavy (non-hydrogen) atoms. The fourth-order valence-electron chi connectivity index (χ4n) is 2.36. The number of carbonyl (C=O) groups is 1. The van der Waals surface area contributed by atoms with Crippen molar-refractivity contribution in [1.82, 2.24) is 29.6 Å². The second-order valence-corrected chi connectivity index (χ2v) is 5.16. The van der Waals surface area contributed by atoms with E-state index in [0.717, 1.165) is 17.1 Å². The average molecular weight is 310 g/mol. The lowest BCUT2D eigenvalue weighted by Crippen LogP contribution is -2.24. The van der Waals surface area contributed by atoms with Crippen molar-refractivity contribution in [3.05, 3.63) is 60.7 Å². The van der Waals surface area contributed by atoms with Crippen LogP contribution >= 0.6 is 0 Å². The monoisotopic (exact) mass is 310 g/mol. The Labute approximate surface area is 134 Å². The lowest BCUT2D eigenvalue weighted by molar-refractivity contribution is -0.121. The standard InChI is InChI=1S/C16H18N6O/c1-13-18-7-9-21(13)8-6-16(23)19-10-14-4-2-3-5-15(14)22-12-17-11-20-22/h2-5,7,9,11-12H,6,8,10H2,1H3,(H,19,23). The van der Waals surface area contributed by atoms with Gasteiger partial charge in [-0.2, -0.15) is 5.10 Å². The van der Waals surface area contributed by atoms with E-state index in [9.17, 15) is 4.79 Å². The molecule has 1 N–H and O–H groups in total. The van der Waals surface area contributed by atoms with Crippen LogP contribution in [0.15, 0.2) is 49.3 Å². The summed E-state index contributed by atoms with van der Waals surface area (Å²) in [7, 11) is 0. The second-order valence-electron chi connectivity index (χ2n) is 5.16. The first-order valence-corrected chi connectivity index (χ1v) is 7.41. The molecule has 1 aromatic carbocycles. The highest BCUT2D eigenvalue weighted by molar-refractivity contribution is 5.75. The minimum absolute atomic E-state index is 0.00601. The summed E-state index contributed by atoms with van der Waals surface area (Å²) in [6.45, 7) is 3.01. The summed E-state index contributed by atoms with van der Waals surface area (Å²) in [6, 6.07) is 7.79. The van der Waals surface area contributed by atoms with E-state index in [2.05, 4.69) is 20.4 Å². The zero-order valence-electron chi connectivity index (χ0n) is 12.9. The van der Waals surface area contributed by atoms with Gasteiger partial charge in [0.25, 0.3) is 0 Å². The summed E-state index contributed by atoms with van der Waals surface area (Å²) in [6.07, 6.45) is 7.16. The molecule has 7 nitrogen and oxygen atoms in total. The summed E-state index contributed by atoms with van der Waals surface area (Å²) in [5.41, 5.74) is 1.90. The van der Waals surface area contributed by atoms with Crippen LogP contribution in [0.2, 0.25) is 0 Å². The Bertz CT molecular complexity index is 777. The molecule has 2 aromatic heterocycles. The Morgan fingerprint density at radius 2 is 2.17 bits per heavy atom. The van der Waals surface area contributed by atoms with Gasteiger partial charge >= 0.3 is 0 Å². The lowest BCUT2D eigenvalue weighted by Gasteiger charge is -2.10. The molecule has 0 spiro atoms. The SMILES string of the molecule is Cc1nccn1CCC(=O)NCc1ccccc1-n1cncn1. The van der Waals surface area contributed by atoms with E-state index in [1.807, 2.05) is 42.0 Å². The number of amides is 1. The molecule has 0 radical (unpaired) electrons. The smallest absolute Gasteiger partial charge is 0.222 e. The maximum absolute atomic E-state index is 12.0. The lowest BCUT2D eigenvalue weighted by atomic mass is 10.1. The summed E-state index contributed by atoms with van der Waals surface area (Å²) >= 11 is 0. The molecular formula is C16H18N6O. The van der Waals surface area contributed by atoms with Crippen LogP contribution in [0.25, 0.3) is 5.69 Å². The Balaban J connectivity index is 1.58. The maximum Gasteiger partial charge on any atom is 0.222 e. The van der Waals surface area contributed by atoms with Gasteiger partial charge in [0.05, 0.1) is 5.69 Å². The van der Waals surface area contributed by atoms with E-state index in [0.29, 0.717) is 19.5 Å². The van der Waals surface area contributed by atoms with Gasteiger partial charge in [0.1, 0.15) is 18.5 Å². The van der Waals surface area contributed by atoms with Crippen molar-refractivity contribution in [3.63, 3.8) is 0 Å². The van der Waals surface area contributed by atoms with Gasteiger partial charge in [0.2, 0.25) is 5.91 Å². The second kappa shape index (κ2) is 6.87. The van der Waals surface area contributed by atoms with Crippen molar-refractivity contribution in [2.45, 2.75) is 26.4 Å². The third kappa shape index (κ3) is 3.63. The number of imidazole rings is 1. The number of carbonyl (C=O) groups excluding carboxylic acids is 1. The van der Waals surface area contributed by atoms with Crippen LogP contribution < -0.4 is 5.32 Å². The minimum Gasteiger partial charge on any atom is -0.352 e. The van der Waals surface area contributed by atoms with E-state index in [4.69, 9.17) is 0 Å². The van der Waals surface area contributed by atoms with Crippen LogP contribution in [0.4, 0.5) is 0 Å². The van der Waals surface area contributed by atoms with E-state index in [-0.39, 0.29) is 5.91 Å². The molecule has 0 aliphatic carbocycles. The fraction of sp³-hybridized carbons (Fsp3) is 0.250. The number of hydrogen-bond acceptors (Lipinski definition) is 4. The van der Waals surface area contributed by atoms with E-state index >= 15 is 0 Å². The van der Waals surface area contributed by atoms with Crippen molar-refractivity contribution in [2.75, 3.05) is 0 Å². The van der Waals surface area contributed by atoms with Crippen molar-refractivity contribution in [3.8, 4) is 5.69 Å². The molecule has 0 aliphatic heterocycles.